The van der Waals surface area contributed by atoms with Crippen LogP contribution in [0.2, 0.25) is 0 Å². The fourth-order valence-electron chi connectivity index (χ4n) is 4.89. The van der Waals surface area contributed by atoms with E-state index in [1.165, 1.54) is 32.1 Å². The smallest absolute Gasteiger partial charge is 0.315 e. The van der Waals surface area contributed by atoms with Crippen molar-refractivity contribution in [2.24, 2.45) is 23.2 Å². The van der Waals surface area contributed by atoms with Crippen LogP contribution in [0.1, 0.15) is 59.3 Å². The number of ether oxygens (including phenoxy) is 1. The minimum absolute atomic E-state index is 0.0149. The first-order valence-corrected chi connectivity index (χ1v) is 9.18. The van der Waals surface area contributed by atoms with Gasteiger partial charge in [0.05, 0.1) is 6.10 Å². The van der Waals surface area contributed by atoms with Crippen molar-refractivity contribution in [2.75, 3.05) is 13.2 Å². The average Bonchev–Trinajstić information content (AvgIpc) is 2.98. The molecule has 2 amide bonds. The molecule has 0 spiro atoms. The Balaban J connectivity index is 1.40. The lowest BCUT2D eigenvalue weighted by Crippen LogP contribution is -2.67. The summed E-state index contributed by atoms with van der Waals surface area (Å²) < 4.78 is 5.78. The summed E-state index contributed by atoms with van der Waals surface area (Å²) in [6.07, 6.45) is 7.94. The van der Waals surface area contributed by atoms with Gasteiger partial charge in [-0.1, -0.05) is 40.0 Å². The normalized spacial score (nSPS) is 39.7. The van der Waals surface area contributed by atoms with E-state index >= 15 is 0 Å². The highest BCUT2D eigenvalue weighted by molar-refractivity contribution is 5.74. The van der Waals surface area contributed by atoms with Crippen LogP contribution in [0.3, 0.4) is 0 Å². The van der Waals surface area contributed by atoms with Crippen molar-refractivity contribution in [2.45, 2.75) is 71.4 Å². The van der Waals surface area contributed by atoms with E-state index in [4.69, 9.17) is 4.74 Å². The zero-order chi connectivity index (χ0) is 15.7. The molecule has 0 aromatic rings. The molecule has 4 nitrogen and oxygen atoms in total. The van der Waals surface area contributed by atoms with Crippen molar-refractivity contribution < 1.29 is 9.53 Å². The highest BCUT2D eigenvalue weighted by Gasteiger charge is 2.59. The number of hydrogen-bond acceptors (Lipinski definition) is 2. The summed E-state index contributed by atoms with van der Waals surface area (Å²) in [6, 6.07) is 0.275. The summed E-state index contributed by atoms with van der Waals surface area (Å²) in [7, 11) is 0. The molecule has 2 N–H and O–H groups in total. The second kappa shape index (κ2) is 6.38. The third kappa shape index (κ3) is 2.99. The van der Waals surface area contributed by atoms with Gasteiger partial charge in [0.2, 0.25) is 0 Å². The Bertz CT molecular complexity index is 402. The van der Waals surface area contributed by atoms with E-state index in [2.05, 4.69) is 31.4 Å². The Morgan fingerprint density at radius 1 is 1.14 bits per heavy atom. The van der Waals surface area contributed by atoms with E-state index in [0.717, 1.165) is 25.5 Å². The highest BCUT2D eigenvalue weighted by Crippen LogP contribution is 2.52. The summed E-state index contributed by atoms with van der Waals surface area (Å²) in [5.41, 5.74) is 0.0672. The Morgan fingerprint density at radius 2 is 1.82 bits per heavy atom. The second-order valence-electron chi connectivity index (χ2n) is 8.19. The van der Waals surface area contributed by atoms with Crippen LogP contribution in [0.4, 0.5) is 4.79 Å². The first-order valence-electron chi connectivity index (χ1n) is 9.18. The van der Waals surface area contributed by atoms with Crippen LogP contribution in [0.15, 0.2) is 0 Å². The summed E-state index contributed by atoms with van der Waals surface area (Å²) in [6.45, 7) is 8.38. The van der Waals surface area contributed by atoms with Crippen molar-refractivity contribution in [1.29, 1.82) is 0 Å². The summed E-state index contributed by atoms with van der Waals surface area (Å²) in [5.74, 6) is 2.10. The molecule has 0 unspecified atom stereocenters. The number of urea groups is 1. The molecule has 126 valence electrons. The maximum Gasteiger partial charge on any atom is 0.315 e. The van der Waals surface area contributed by atoms with Gasteiger partial charge in [0, 0.05) is 30.5 Å². The lowest BCUT2D eigenvalue weighted by atomic mass is 9.57. The van der Waals surface area contributed by atoms with Crippen LogP contribution < -0.4 is 10.6 Å². The average molecular weight is 308 g/mol. The molecule has 1 saturated heterocycles. The zero-order valence-electron chi connectivity index (χ0n) is 14.4. The van der Waals surface area contributed by atoms with Crippen LogP contribution in [-0.4, -0.2) is 31.3 Å². The molecular weight excluding hydrogens is 276 g/mol. The third-order valence-electron chi connectivity index (χ3n) is 6.48. The van der Waals surface area contributed by atoms with Crippen molar-refractivity contribution >= 4 is 6.03 Å². The van der Waals surface area contributed by atoms with Gasteiger partial charge in [-0.3, -0.25) is 0 Å². The Labute approximate surface area is 134 Å². The number of rotatable bonds is 4. The summed E-state index contributed by atoms with van der Waals surface area (Å²) in [4.78, 5) is 12.2. The molecular formula is C18H32N2O2. The predicted octanol–water partition coefficient (Wildman–Crippen LogP) is 3.32. The van der Waals surface area contributed by atoms with Crippen molar-refractivity contribution in [3.05, 3.63) is 0 Å². The largest absolute Gasteiger partial charge is 0.377 e. The van der Waals surface area contributed by atoms with Crippen molar-refractivity contribution in [3.8, 4) is 0 Å². The number of carbonyl (C=O) groups excluding carboxylic acids is 1. The van der Waals surface area contributed by atoms with E-state index in [-0.39, 0.29) is 17.5 Å². The molecule has 3 rings (SSSR count). The van der Waals surface area contributed by atoms with E-state index in [1.54, 1.807) is 0 Å². The summed E-state index contributed by atoms with van der Waals surface area (Å²) >= 11 is 0. The van der Waals surface area contributed by atoms with Crippen LogP contribution in [0.5, 0.6) is 0 Å². The molecule has 0 aromatic heterocycles. The molecule has 3 aliphatic rings. The first-order chi connectivity index (χ1) is 10.5. The molecule has 2 aliphatic carbocycles. The van der Waals surface area contributed by atoms with Gasteiger partial charge in [-0.05, 0) is 31.1 Å². The zero-order valence-corrected chi connectivity index (χ0v) is 14.4. The maximum absolute atomic E-state index is 12.2. The van der Waals surface area contributed by atoms with E-state index < -0.39 is 0 Å². The maximum atomic E-state index is 12.2. The van der Waals surface area contributed by atoms with Crippen LogP contribution >= 0.6 is 0 Å². The van der Waals surface area contributed by atoms with Gasteiger partial charge in [0.15, 0.2) is 0 Å². The molecule has 2 saturated carbocycles. The van der Waals surface area contributed by atoms with Gasteiger partial charge in [-0.25, -0.2) is 4.79 Å². The molecule has 0 radical (unpaired) electrons. The fourth-order valence-corrected chi connectivity index (χ4v) is 4.89. The van der Waals surface area contributed by atoms with Gasteiger partial charge >= 0.3 is 6.03 Å². The van der Waals surface area contributed by atoms with Gasteiger partial charge < -0.3 is 15.4 Å². The molecule has 3 fully saturated rings. The third-order valence-corrected chi connectivity index (χ3v) is 6.48. The monoisotopic (exact) mass is 308 g/mol. The second-order valence-corrected chi connectivity index (χ2v) is 8.19. The van der Waals surface area contributed by atoms with E-state index in [9.17, 15) is 4.79 Å². The van der Waals surface area contributed by atoms with E-state index in [0.29, 0.717) is 17.9 Å². The topological polar surface area (TPSA) is 50.4 Å². The SMILES string of the molecule is CCC1CCC(CNC(=O)N[C@@H]2[C@H]3CCO[C@H]3C2(C)C)CC1. The first kappa shape index (κ1) is 16.1. The Morgan fingerprint density at radius 3 is 2.50 bits per heavy atom. The number of amides is 2. The molecule has 3 atom stereocenters. The van der Waals surface area contributed by atoms with E-state index in [1.807, 2.05) is 0 Å². The van der Waals surface area contributed by atoms with Crippen molar-refractivity contribution in [1.82, 2.24) is 10.6 Å². The molecule has 1 aliphatic heterocycles. The van der Waals surface area contributed by atoms with Gasteiger partial charge in [-0.15, -0.1) is 0 Å². The molecule has 4 heteroatoms. The number of nitrogens with one attached hydrogen (secondary N) is 2. The Kier molecular flexibility index (Phi) is 4.67. The number of hydrogen-bond donors (Lipinski definition) is 2. The van der Waals surface area contributed by atoms with Crippen LogP contribution in [-0.2, 0) is 4.74 Å². The van der Waals surface area contributed by atoms with Gasteiger partial charge in [0.1, 0.15) is 0 Å². The highest BCUT2D eigenvalue weighted by atomic mass is 16.5. The predicted molar refractivity (Wildman–Crippen MR) is 87.7 cm³/mol. The van der Waals surface area contributed by atoms with Crippen LogP contribution in [0, 0.1) is 23.2 Å². The lowest BCUT2D eigenvalue weighted by Gasteiger charge is -2.54. The Hall–Kier alpha value is -0.770. The molecule has 22 heavy (non-hydrogen) atoms. The van der Waals surface area contributed by atoms with Crippen molar-refractivity contribution in [3.63, 3.8) is 0 Å². The fraction of sp³-hybridized carbons (Fsp3) is 0.944. The minimum atomic E-state index is 0.0149. The number of fused-ring (bicyclic) bond motifs is 1. The minimum Gasteiger partial charge on any atom is -0.377 e. The molecule has 0 aromatic carbocycles. The molecule has 0 bridgehead atoms. The number of carbonyl (C=O) groups is 1. The summed E-state index contributed by atoms with van der Waals surface area (Å²) in [5, 5.41) is 6.32. The quantitative estimate of drug-likeness (QED) is 0.837. The van der Waals surface area contributed by atoms with Crippen LogP contribution in [0.25, 0.3) is 0 Å². The standard InChI is InChI=1S/C18H32N2O2/c1-4-12-5-7-13(8-6-12)11-19-17(21)20-15-14-9-10-22-16(14)18(15,2)3/h12-16H,4-11H2,1-3H3,(H2,19,20,21)/t12?,13?,14-,15-,16-/m1/s1. The molecule has 1 heterocycles. The van der Waals surface area contributed by atoms with Gasteiger partial charge in [0.25, 0.3) is 0 Å². The lowest BCUT2D eigenvalue weighted by molar-refractivity contribution is -0.108. The van der Waals surface area contributed by atoms with Gasteiger partial charge in [-0.2, -0.15) is 0 Å².